The smallest absolute Gasteiger partial charge is 0.339 e. The van der Waals surface area contributed by atoms with Gasteiger partial charge in [0.05, 0.1) is 13.2 Å². The minimum Gasteiger partial charge on any atom is -0.491 e. The summed E-state index contributed by atoms with van der Waals surface area (Å²) >= 11 is 0. The molecule has 5 rings (SSSR count). The number of fused-ring (bicyclic) bond motifs is 1. The maximum atomic E-state index is 11.4. The molecule has 2 aliphatic heterocycles. The molecule has 0 spiro atoms. The number of benzene rings is 2. The van der Waals surface area contributed by atoms with Gasteiger partial charge in [-0.05, 0) is 69.0 Å². The minimum atomic E-state index is -0.958. The Bertz CT molecular complexity index is 1160. The van der Waals surface area contributed by atoms with Crippen LogP contribution in [-0.4, -0.2) is 66.3 Å². The van der Waals surface area contributed by atoms with Gasteiger partial charge in [0.1, 0.15) is 17.9 Å². The highest BCUT2D eigenvalue weighted by Crippen LogP contribution is 2.36. The number of nitrogens with zero attached hydrogens (tertiary/aromatic N) is 2. The molecule has 3 aromatic rings. The summed E-state index contributed by atoms with van der Waals surface area (Å²) in [5.41, 5.74) is 2.98. The Balaban J connectivity index is 1.18. The third-order valence-corrected chi connectivity index (χ3v) is 7.57. The van der Waals surface area contributed by atoms with Crippen LogP contribution in [0.25, 0.3) is 10.9 Å². The molecule has 3 heterocycles. The van der Waals surface area contributed by atoms with E-state index >= 15 is 0 Å². The zero-order valence-corrected chi connectivity index (χ0v) is 21.0. The monoisotopic (exact) mass is 492 g/mol. The second-order valence-corrected chi connectivity index (χ2v) is 9.87. The van der Waals surface area contributed by atoms with E-state index in [1.54, 1.807) is 24.3 Å². The van der Waals surface area contributed by atoms with Gasteiger partial charge in [-0.1, -0.05) is 30.3 Å². The highest BCUT2D eigenvalue weighted by Gasteiger charge is 2.25. The van der Waals surface area contributed by atoms with Crippen molar-refractivity contribution in [2.24, 2.45) is 0 Å². The number of para-hydroxylation sites is 2. The normalized spacial score (nSPS) is 18.6. The fraction of sp³-hybridized carbons (Fsp3) is 0.483. The summed E-state index contributed by atoms with van der Waals surface area (Å²) in [5, 5.41) is 10.7. The van der Waals surface area contributed by atoms with E-state index in [9.17, 15) is 9.90 Å². The number of hydrogen-bond donors (Lipinski definition) is 1. The Morgan fingerprint density at radius 1 is 1.08 bits per heavy atom. The number of carboxylic acid groups (broad SMARTS) is 1. The molecule has 2 fully saturated rings. The first-order chi connectivity index (χ1) is 17.6. The van der Waals surface area contributed by atoms with Crippen molar-refractivity contribution in [3.8, 4) is 5.75 Å². The third-order valence-electron chi connectivity index (χ3n) is 7.57. The first kappa shape index (κ1) is 24.8. The van der Waals surface area contributed by atoms with Crippen molar-refractivity contribution >= 4 is 16.9 Å². The molecule has 7 heteroatoms. The summed E-state index contributed by atoms with van der Waals surface area (Å²) in [6, 6.07) is 16.0. The molecule has 0 aliphatic carbocycles. The van der Waals surface area contributed by atoms with Gasteiger partial charge in [-0.3, -0.25) is 4.90 Å². The lowest BCUT2D eigenvalue weighted by atomic mass is 9.89. The highest BCUT2D eigenvalue weighted by molar-refractivity contribution is 5.90. The van der Waals surface area contributed by atoms with Crippen LogP contribution < -0.4 is 4.74 Å². The van der Waals surface area contributed by atoms with E-state index in [-0.39, 0.29) is 11.9 Å². The SMILES string of the molecule is CC(CCC1OCCO1)n1cc(C2CCN(CCOc3ccccc3C(=O)O)CC2)c2ccccc21. The molecule has 0 bridgehead atoms. The van der Waals surface area contributed by atoms with Gasteiger partial charge < -0.3 is 23.9 Å². The lowest BCUT2D eigenvalue weighted by molar-refractivity contribution is -0.0494. The average molecular weight is 493 g/mol. The fourth-order valence-corrected chi connectivity index (χ4v) is 5.53. The molecule has 36 heavy (non-hydrogen) atoms. The Kier molecular flexibility index (Phi) is 7.90. The van der Waals surface area contributed by atoms with Crippen molar-refractivity contribution in [1.82, 2.24) is 9.47 Å². The number of carbonyl (C=O) groups is 1. The molecule has 1 N–H and O–H groups in total. The molecule has 2 aliphatic rings. The number of piperidine rings is 1. The Morgan fingerprint density at radius 2 is 1.81 bits per heavy atom. The van der Waals surface area contributed by atoms with Crippen molar-refractivity contribution < 1.29 is 24.1 Å². The van der Waals surface area contributed by atoms with Gasteiger partial charge in [-0.25, -0.2) is 4.79 Å². The molecule has 2 saturated heterocycles. The molecular weight excluding hydrogens is 456 g/mol. The van der Waals surface area contributed by atoms with Crippen molar-refractivity contribution in [2.75, 3.05) is 39.5 Å². The number of likely N-dealkylation sites (tertiary alicyclic amines) is 1. The largest absolute Gasteiger partial charge is 0.491 e. The van der Waals surface area contributed by atoms with Crippen LogP contribution in [0.4, 0.5) is 0 Å². The summed E-state index contributed by atoms with van der Waals surface area (Å²) in [6.45, 7) is 7.01. The van der Waals surface area contributed by atoms with Crippen LogP contribution in [0, 0.1) is 0 Å². The van der Waals surface area contributed by atoms with Crippen LogP contribution >= 0.6 is 0 Å². The quantitative estimate of drug-likeness (QED) is 0.413. The van der Waals surface area contributed by atoms with Gasteiger partial charge in [0.2, 0.25) is 0 Å². The third kappa shape index (κ3) is 5.59. The standard InChI is InChI=1S/C29H36N2O5/c1-21(10-11-28-35-18-19-36-28)31-20-25(23-6-2-4-8-26(23)31)22-12-14-30(15-13-22)16-17-34-27-9-5-3-7-24(27)29(32)33/h2-9,20-22,28H,10-19H2,1H3,(H,32,33). The lowest BCUT2D eigenvalue weighted by Crippen LogP contribution is -2.35. The van der Waals surface area contributed by atoms with Crippen molar-refractivity contribution in [3.05, 3.63) is 65.9 Å². The van der Waals surface area contributed by atoms with E-state index in [0.29, 0.717) is 37.5 Å². The number of ether oxygens (including phenoxy) is 3. The molecule has 1 aromatic heterocycles. The second kappa shape index (κ2) is 11.5. The number of rotatable bonds is 10. The summed E-state index contributed by atoms with van der Waals surface area (Å²) < 4.78 is 19.5. The van der Waals surface area contributed by atoms with Crippen LogP contribution in [-0.2, 0) is 9.47 Å². The molecular formula is C29H36N2O5. The van der Waals surface area contributed by atoms with Gasteiger partial charge >= 0.3 is 5.97 Å². The first-order valence-corrected chi connectivity index (χ1v) is 13.1. The summed E-state index contributed by atoms with van der Waals surface area (Å²) in [5.74, 6) is 0.0164. The zero-order chi connectivity index (χ0) is 24.9. The van der Waals surface area contributed by atoms with Crippen LogP contribution in [0.1, 0.15) is 60.5 Å². The predicted molar refractivity (Wildman–Crippen MR) is 139 cm³/mol. The van der Waals surface area contributed by atoms with Gasteiger partial charge in [0, 0.05) is 36.1 Å². The zero-order valence-electron chi connectivity index (χ0n) is 21.0. The summed E-state index contributed by atoms with van der Waals surface area (Å²) in [4.78, 5) is 13.8. The van der Waals surface area contributed by atoms with Crippen molar-refractivity contribution in [1.29, 1.82) is 0 Å². The second-order valence-electron chi connectivity index (χ2n) is 9.87. The Hall–Kier alpha value is -2.87. The van der Waals surface area contributed by atoms with E-state index in [2.05, 4.69) is 46.9 Å². The van der Waals surface area contributed by atoms with Crippen LogP contribution in [0.15, 0.2) is 54.7 Å². The van der Waals surface area contributed by atoms with Gasteiger partial charge in [-0.15, -0.1) is 0 Å². The average Bonchev–Trinajstić information content (AvgIpc) is 3.56. The van der Waals surface area contributed by atoms with E-state index in [1.165, 1.54) is 16.5 Å². The van der Waals surface area contributed by atoms with E-state index in [0.717, 1.165) is 45.3 Å². The molecule has 0 radical (unpaired) electrons. The Labute approximate surface area is 212 Å². The molecule has 192 valence electrons. The number of hydrogen-bond acceptors (Lipinski definition) is 5. The molecule has 0 amide bonds. The van der Waals surface area contributed by atoms with E-state index in [1.807, 2.05) is 0 Å². The van der Waals surface area contributed by atoms with Crippen molar-refractivity contribution in [3.63, 3.8) is 0 Å². The highest BCUT2D eigenvalue weighted by atomic mass is 16.7. The maximum absolute atomic E-state index is 11.4. The molecule has 1 unspecified atom stereocenters. The van der Waals surface area contributed by atoms with Gasteiger partial charge in [0.25, 0.3) is 0 Å². The Morgan fingerprint density at radius 3 is 2.58 bits per heavy atom. The summed E-state index contributed by atoms with van der Waals surface area (Å²) in [6.07, 6.45) is 6.49. The van der Waals surface area contributed by atoms with Gasteiger partial charge in [-0.2, -0.15) is 0 Å². The van der Waals surface area contributed by atoms with Crippen LogP contribution in [0.2, 0.25) is 0 Å². The number of carboxylic acids is 1. The maximum Gasteiger partial charge on any atom is 0.339 e. The lowest BCUT2D eigenvalue weighted by Gasteiger charge is -2.31. The van der Waals surface area contributed by atoms with Crippen LogP contribution in [0.3, 0.4) is 0 Å². The first-order valence-electron chi connectivity index (χ1n) is 13.1. The number of aromatic carboxylic acids is 1. The van der Waals surface area contributed by atoms with Crippen molar-refractivity contribution in [2.45, 2.75) is 50.9 Å². The molecule has 0 saturated carbocycles. The topological polar surface area (TPSA) is 73.2 Å². The van der Waals surface area contributed by atoms with E-state index in [4.69, 9.17) is 14.2 Å². The number of aromatic nitrogens is 1. The molecule has 7 nitrogen and oxygen atoms in total. The summed E-state index contributed by atoms with van der Waals surface area (Å²) in [7, 11) is 0. The molecule has 2 aromatic carbocycles. The van der Waals surface area contributed by atoms with Gasteiger partial charge in [0.15, 0.2) is 6.29 Å². The fourth-order valence-electron chi connectivity index (χ4n) is 5.53. The van der Waals surface area contributed by atoms with E-state index < -0.39 is 5.97 Å². The molecule has 1 atom stereocenters. The predicted octanol–water partition coefficient (Wildman–Crippen LogP) is 5.31. The minimum absolute atomic E-state index is 0.0559. The van der Waals surface area contributed by atoms with Crippen LogP contribution in [0.5, 0.6) is 5.75 Å².